The van der Waals surface area contributed by atoms with E-state index in [2.05, 4.69) is 0 Å². The molecule has 1 aliphatic rings. The molecule has 0 saturated carbocycles. The van der Waals surface area contributed by atoms with Crippen LogP contribution >= 0.6 is 0 Å². The summed E-state index contributed by atoms with van der Waals surface area (Å²) < 4.78 is 16.1. The lowest BCUT2D eigenvalue weighted by atomic mass is 9.95. The van der Waals surface area contributed by atoms with E-state index < -0.39 is 17.7 Å². The van der Waals surface area contributed by atoms with Gasteiger partial charge in [0.15, 0.2) is 11.5 Å². The Morgan fingerprint density at radius 3 is 2.39 bits per heavy atom. The molecule has 0 bridgehead atoms. The number of benzene rings is 2. The van der Waals surface area contributed by atoms with Gasteiger partial charge in [-0.1, -0.05) is 36.4 Å². The smallest absolute Gasteiger partial charge is 0.296 e. The number of aliphatic hydroxyl groups excluding tert-OH is 1. The van der Waals surface area contributed by atoms with Gasteiger partial charge in [0.1, 0.15) is 11.5 Å². The first-order valence-corrected chi connectivity index (χ1v) is 9.63. The number of rotatable bonds is 6. The van der Waals surface area contributed by atoms with E-state index in [0.29, 0.717) is 28.4 Å². The number of ether oxygens (including phenoxy) is 2. The third-order valence-corrected chi connectivity index (χ3v) is 5.22. The predicted octanol–water partition coefficient (Wildman–Crippen LogP) is 3.92. The molecule has 1 aliphatic heterocycles. The van der Waals surface area contributed by atoms with Crippen LogP contribution in [0.5, 0.6) is 11.5 Å². The van der Waals surface area contributed by atoms with Crippen LogP contribution < -0.4 is 9.47 Å². The van der Waals surface area contributed by atoms with Crippen molar-refractivity contribution in [2.75, 3.05) is 14.2 Å². The van der Waals surface area contributed by atoms with Gasteiger partial charge in [-0.05, 0) is 29.8 Å². The van der Waals surface area contributed by atoms with Crippen LogP contribution in [0.15, 0.2) is 76.9 Å². The molecule has 2 aromatic carbocycles. The van der Waals surface area contributed by atoms with Crippen LogP contribution in [0.4, 0.5) is 0 Å². The lowest BCUT2D eigenvalue weighted by Crippen LogP contribution is -2.29. The van der Waals surface area contributed by atoms with Gasteiger partial charge in [0.05, 0.1) is 38.6 Å². The molecule has 7 nitrogen and oxygen atoms in total. The SMILES string of the molecule is COc1ccc(C2C(=C(O)c3ccccc3)C(=O)C(=O)N2Cc2ccco2)cc1OC. The van der Waals surface area contributed by atoms with E-state index in [4.69, 9.17) is 13.9 Å². The number of carbonyl (C=O) groups excluding carboxylic acids is 2. The van der Waals surface area contributed by atoms with Gasteiger partial charge in [-0.25, -0.2) is 0 Å². The normalized spacial score (nSPS) is 17.7. The summed E-state index contributed by atoms with van der Waals surface area (Å²) in [5, 5.41) is 11.0. The zero-order valence-electron chi connectivity index (χ0n) is 17.1. The summed E-state index contributed by atoms with van der Waals surface area (Å²) in [5.74, 6) is -0.227. The fraction of sp³-hybridized carbons (Fsp3) is 0.167. The Bertz CT molecular complexity index is 1130. The van der Waals surface area contributed by atoms with E-state index in [-0.39, 0.29) is 17.9 Å². The first-order valence-electron chi connectivity index (χ1n) is 9.63. The van der Waals surface area contributed by atoms with Gasteiger partial charge in [-0.15, -0.1) is 0 Å². The molecule has 158 valence electrons. The summed E-state index contributed by atoms with van der Waals surface area (Å²) in [6.07, 6.45) is 1.50. The highest BCUT2D eigenvalue weighted by Crippen LogP contribution is 2.42. The summed E-state index contributed by atoms with van der Waals surface area (Å²) >= 11 is 0. The number of hydrogen-bond donors (Lipinski definition) is 1. The number of hydrogen-bond acceptors (Lipinski definition) is 6. The minimum atomic E-state index is -0.829. The molecule has 1 amide bonds. The Hall–Kier alpha value is -4.00. The van der Waals surface area contributed by atoms with Crippen molar-refractivity contribution in [3.63, 3.8) is 0 Å². The zero-order chi connectivity index (χ0) is 22.0. The van der Waals surface area contributed by atoms with Crippen LogP contribution in [-0.2, 0) is 16.1 Å². The number of amides is 1. The standard InChI is InChI=1S/C24H21NO6/c1-29-18-11-10-16(13-19(18)30-2)21-20(22(26)15-7-4-3-5-8-15)23(27)24(28)25(21)14-17-9-6-12-31-17/h3-13,21,26H,14H2,1-2H3. The third-order valence-electron chi connectivity index (χ3n) is 5.22. The first-order chi connectivity index (χ1) is 15.0. The van der Waals surface area contributed by atoms with Crippen LogP contribution in [0.1, 0.15) is 22.9 Å². The minimum absolute atomic E-state index is 0.00924. The summed E-state index contributed by atoms with van der Waals surface area (Å²) in [7, 11) is 3.03. The second-order valence-corrected chi connectivity index (χ2v) is 6.99. The van der Waals surface area contributed by atoms with Crippen molar-refractivity contribution in [1.82, 2.24) is 4.90 Å². The third kappa shape index (κ3) is 3.66. The summed E-state index contributed by atoms with van der Waals surface area (Å²) in [6.45, 7) is 0.0716. The average Bonchev–Trinajstić information content (AvgIpc) is 3.41. The second kappa shape index (κ2) is 8.39. The monoisotopic (exact) mass is 419 g/mol. The van der Waals surface area contributed by atoms with Crippen molar-refractivity contribution in [2.45, 2.75) is 12.6 Å². The van der Waals surface area contributed by atoms with Crippen LogP contribution in [0.3, 0.4) is 0 Å². The molecule has 0 aliphatic carbocycles. The molecule has 1 unspecified atom stereocenters. The molecule has 1 aromatic heterocycles. The van der Waals surface area contributed by atoms with Crippen LogP contribution in [0.25, 0.3) is 5.76 Å². The van der Waals surface area contributed by atoms with Crippen molar-refractivity contribution < 1.29 is 28.6 Å². The van der Waals surface area contributed by atoms with E-state index in [1.54, 1.807) is 60.7 Å². The zero-order valence-corrected chi connectivity index (χ0v) is 17.1. The van der Waals surface area contributed by atoms with E-state index in [1.807, 2.05) is 0 Å². The van der Waals surface area contributed by atoms with Crippen LogP contribution in [-0.4, -0.2) is 35.9 Å². The molecule has 1 atom stereocenters. The van der Waals surface area contributed by atoms with Gasteiger partial charge in [0.2, 0.25) is 0 Å². The summed E-state index contributed by atoms with van der Waals surface area (Å²) in [5.41, 5.74) is 1.06. The number of aliphatic hydroxyl groups is 1. The maximum Gasteiger partial charge on any atom is 0.296 e. The Morgan fingerprint density at radius 2 is 1.74 bits per heavy atom. The van der Waals surface area contributed by atoms with Gasteiger partial charge < -0.3 is 23.9 Å². The Morgan fingerprint density at radius 1 is 1.00 bits per heavy atom. The molecule has 31 heavy (non-hydrogen) atoms. The topological polar surface area (TPSA) is 89.2 Å². The fourth-order valence-electron chi connectivity index (χ4n) is 3.73. The van der Waals surface area contributed by atoms with E-state index >= 15 is 0 Å². The molecular formula is C24H21NO6. The number of furan rings is 1. The van der Waals surface area contributed by atoms with Gasteiger partial charge in [0.25, 0.3) is 11.7 Å². The number of carbonyl (C=O) groups is 2. The summed E-state index contributed by atoms with van der Waals surface area (Å²) in [6, 6.07) is 16.4. The highest BCUT2D eigenvalue weighted by molar-refractivity contribution is 6.46. The van der Waals surface area contributed by atoms with Gasteiger partial charge in [-0.3, -0.25) is 9.59 Å². The molecule has 0 spiro atoms. The average molecular weight is 419 g/mol. The van der Waals surface area contributed by atoms with Crippen molar-refractivity contribution in [3.8, 4) is 11.5 Å². The molecule has 7 heteroatoms. The number of ketones is 1. The van der Waals surface area contributed by atoms with Crippen LogP contribution in [0, 0.1) is 0 Å². The van der Waals surface area contributed by atoms with Crippen molar-refractivity contribution in [1.29, 1.82) is 0 Å². The molecular weight excluding hydrogens is 398 g/mol. The maximum atomic E-state index is 13.0. The van der Waals surface area contributed by atoms with E-state index in [9.17, 15) is 14.7 Å². The number of Topliss-reactive ketones (excluding diaryl/α,β-unsaturated/α-hetero) is 1. The molecule has 1 N–H and O–H groups in total. The van der Waals surface area contributed by atoms with Crippen molar-refractivity contribution >= 4 is 17.4 Å². The summed E-state index contributed by atoms with van der Waals surface area (Å²) in [4.78, 5) is 27.4. The van der Waals surface area contributed by atoms with Crippen molar-refractivity contribution in [3.05, 3.63) is 89.4 Å². The highest BCUT2D eigenvalue weighted by atomic mass is 16.5. The molecule has 4 rings (SSSR count). The fourth-order valence-corrected chi connectivity index (χ4v) is 3.73. The number of methoxy groups -OCH3 is 2. The quantitative estimate of drug-likeness (QED) is 0.370. The molecule has 1 fully saturated rings. The number of likely N-dealkylation sites (tertiary alicyclic amines) is 1. The van der Waals surface area contributed by atoms with Gasteiger partial charge >= 0.3 is 0 Å². The largest absolute Gasteiger partial charge is 0.507 e. The van der Waals surface area contributed by atoms with E-state index in [1.165, 1.54) is 25.4 Å². The van der Waals surface area contributed by atoms with Crippen molar-refractivity contribution in [2.24, 2.45) is 0 Å². The van der Waals surface area contributed by atoms with E-state index in [0.717, 1.165) is 0 Å². The first kappa shape index (κ1) is 20.3. The van der Waals surface area contributed by atoms with Gasteiger partial charge in [-0.2, -0.15) is 0 Å². The highest BCUT2D eigenvalue weighted by Gasteiger charge is 2.46. The minimum Gasteiger partial charge on any atom is -0.507 e. The maximum absolute atomic E-state index is 13.0. The van der Waals surface area contributed by atoms with Crippen LogP contribution in [0.2, 0.25) is 0 Å². The lowest BCUT2D eigenvalue weighted by Gasteiger charge is -2.25. The Labute approximate surface area is 179 Å². The molecule has 0 radical (unpaired) electrons. The van der Waals surface area contributed by atoms with Gasteiger partial charge in [0, 0.05) is 5.56 Å². The molecule has 1 saturated heterocycles. The molecule has 3 aromatic rings. The predicted molar refractivity (Wildman–Crippen MR) is 113 cm³/mol. The Balaban J connectivity index is 1.89. The second-order valence-electron chi connectivity index (χ2n) is 6.99. The Kier molecular flexibility index (Phi) is 5.49. The lowest BCUT2D eigenvalue weighted by molar-refractivity contribution is -0.140. The molecule has 2 heterocycles. The number of nitrogens with zero attached hydrogens (tertiary/aromatic N) is 1.